The zero-order valence-electron chi connectivity index (χ0n) is 19.1. The summed E-state index contributed by atoms with van der Waals surface area (Å²) in [7, 11) is 2.22. The molecule has 2 saturated carbocycles. The molecule has 2 aliphatic carbocycles. The summed E-state index contributed by atoms with van der Waals surface area (Å²) >= 11 is 0. The maximum absolute atomic E-state index is 12.7. The molecule has 7 unspecified atom stereocenters. The van der Waals surface area contributed by atoms with Gasteiger partial charge < -0.3 is 20.9 Å². The van der Waals surface area contributed by atoms with Gasteiger partial charge in [0.25, 0.3) is 0 Å². The van der Waals surface area contributed by atoms with E-state index in [0.29, 0.717) is 12.1 Å². The predicted octanol–water partition coefficient (Wildman–Crippen LogP) is 2.16. The van der Waals surface area contributed by atoms with E-state index in [0.717, 1.165) is 37.1 Å². The highest BCUT2D eigenvalue weighted by molar-refractivity contribution is 5.74. The van der Waals surface area contributed by atoms with Crippen LogP contribution in [0.15, 0.2) is 0 Å². The van der Waals surface area contributed by atoms with Crippen molar-refractivity contribution in [2.45, 2.75) is 95.7 Å². The maximum atomic E-state index is 12.7. The van der Waals surface area contributed by atoms with Gasteiger partial charge in [-0.15, -0.1) is 0 Å². The Morgan fingerprint density at radius 3 is 2.63 bits per heavy atom. The molecule has 0 spiro atoms. The van der Waals surface area contributed by atoms with Gasteiger partial charge in [0.2, 0.25) is 0 Å². The lowest BCUT2D eigenvalue weighted by Crippen LogP contribution is -2.68. The van der Waals surface area contributed by atoms with Gasteiger partial charge >= 0.3 is 6.03 Å². The fraction of sp³-hybridized carbons (Fsp3) is 0.957. The van der Waals surface area contributed by atoms with Crippen molar-refractivity contribution in [3.05, 3.63) is 0 Å². The first kappa shape index (κ1) is 22.3. The molecule has 2 aliphatic heterocycles. The molecule has 4 fully saturated rings. The highest BCUT2D eigenvalue weighted by Gasteiger charge is 2.33. The van der Waals surface area contributed by atoms with Crippen molar-refractivity contribution < 1.29 is 4.79 Å². The molecule has 7 nitrogen and oxygen atoms in total. The molecule has 0 aromatic heterocycles. The fourth-order valence-electron chi connectivity index (χ4n) is 6.36. The second-order valence-corrected chi connectivity index (χ2v) is 10.6. The van der Waals surface area contributed by atoms with E-state index in [-0.39, 0.29) is 18.5 Å². The van der Waals surface area contributed by atoms with Gasteiger partial charge in [-0.2, -0.15) is 0 Å². The minimum absolute atomic E-state index is 0.0407. The number of nitrogens with zero attached hydrogens (tertiary/aromatic N) is 1. The summed E-state index contributed by atoms with van der Waals surface area (Å²) in [4.78, 5) is 15.1. The summed E-state index contributed by atoms with van der Waals surface area (Å²) in [5.74, 6) is 2.47. The van der Waals surface area contributed by atoms with E-state index in [9.17, 15) is 4.79 Å². The SMILES string of the molecule is CC1CC(NCC2CCCN(C)C2)NC(NC(=O)NC2CCC3CCCCC3C2)N1. The van der Waals surface area contributed by atoms with Crippen LogP contribution >= 0.6 is 0 Å². The molecule has 30 heavy (non-hydrogen) atoms. The summed E-state index contributed by atoms with van der Waals surface area (Å²) in [6.07, 6.45) is 12.8. The van der Waals surface area contributed by atoms with Crippen LogP contribution in [0.2, 0.25) is 0 Å². The fourth-order valence-corrected chi connectivity index (χ4v) is 6.36. The van der Waals surface area contributed by atoms with E-state index >= 15 is 0 Å². The molecule has 2 amide bonds. The molecule has 7 atom stereocenters. The number of nitrogens with one attached hydrogen (secondary N) is 5. The number of rotatable bonds is 5. The van der Waals surface area contributed by atoms with Crippen molar-refractivity contribution >= 4 is 6.03 Å². The molecule has 0 aromatic rings. The van der Waals surface area contributed by atoms with Gasteiger partial charge in [0.05, 0.1) is 6.17 Å². The lowest BCUT2D eigenvalue weighted by molar-refractivity contribution is 0.140. The Morgan fingerprint density at radius 2 is 1.80 bits per heavy atom. The largest absolute Gasteiger partial charge is 0.335 e. The lowest BCUT2D eigenvalue weighted by Gasteiger charge is -2.40. The topological polar surface area (TPSA) is 80.5 Å². The molecule has 7 heteroatoms. The minimum atomic E-state index is -0.189. The van der Waals surface area contributed by atoms with Crippen molar-refractivity contribution in [3.63, 3.8) is 0 Å². The van der Waals surface area contributed by atoms with E-state index in [4.69, 9.17) is 0 Å². The summed E-state index contributed by atoms with van der Waals surface area (Å²) < 4.78 is 0. The first-order chi connectivity index (χ1) is 14.5. The van der Waals surface area contributed by atoms with Crippen molar-refractivity contribution in [2.24, 2.45) is 17.8 Å². The van der Waals surface area contributed by atoms with E-state index in [1.165, 1.54) is 64.5 Å². The van der Waals surface area contributed by atoms with Gasteiger partial charge in [-0.3, -0.25) is 10.6 Å². The van der Waals surface area contributed by atoms with Crippen LogP contribution in [0.5, 0.6) is 0 Å². The second-order valence-electron chi connectivity index (χ2n) is 10.6. The summed E-state index contributed by atoms with van der Waals surface area (Å²) in [6, 6.07) is 0.657. The summed E-state index contributed by atoms with van der Waals surface area (Å²) in [5.41, 5.74) is 0. The van der Waals surface area contributed by atoms with Crippen LogP contribution in [0.25, 0.3) is 0 Å². The van der Waals surface area contributed by atoms with Crippen LogP contribution in [-0.2, 0) is 0 Å². The Morgan fingerprint density at radius 1 is 0.967 bits per heavy atom. The maximum Gasteiger partial charge on any atom is 0.317 e. The molecule has 4 rings (SSSR count). The molecule has 4 aliphatic rings. The van der Waals surface area contributed by atoms with E-state index in [1.807, 2.05) is 0 Å². The minimum Gasteiger partial charge on any atom is -0.335 e. The average Bonchev–Trinajstić information content (AvgIpc) is 2.72. The zero-order valence-corrected chi connectivity index (χ0v) is 19.1. The predicted molar refractivity (Wildman–Crippen MR) is 121 cm³/mol. The van der Waals surface area contributed by atoms with Crippen LogP contribution in [0.1, 0.15) is 71.1 Å². The molecule has 0 bridgehead atoms. The standard InChI is InChI=1S/C23H44N6O/c1-16-12-21(24-14-17-6-5-11-29(2)15-17)27-22(25-16)28-23(30)26-20-10-9-18-7-3-4-8-19(18)13-20/h16-22,24-25,27H,3-15H2,1-2H3,(H2,26,28,30). The van der Waals surface area contributed by atoms with Crippen molar-refractivity contribution in [3.8, 4) is 0 Å². The number of hydrogen-bond acceptors (Lipinski definition) is 5. The zero-order chi connectivity index (χ0) is 20.9. The highest BCUT2D eigenvalue weighted by Crippen LogP contribution is 2.40. The third-order valence-electron chi connectivity index (χ3n) is 7.93. The second kappa shape index (κ2) is 10.6. The lowest BCUT2D eigenvalue weighted by atomic mass is 9.69. The average molecular weight is 421 g/mol. The Kier molecular flexibility index (Phi) is 7.90. The van der Waals surface area contributed by atoms with Crippen LogP contribution in [0.4, 0.5) is 4.79 Å². The van der Waals surface area contributed by atoms with Crippen molar-refractivity contribution in [2.75, 3.05) is 26.7 Å². The number of piperidine rings is 1. The van der Waals surface area contributed by atoms with Gasteiger partial charge in [-0.25, -0.2) is 4.79 Å². The normalized spacial score (nSPS) is 40.4. The molecular formula is C23H44N6O. The van der Waals surface area contributed by atoms with E-state index in [1.54, 1.807) is 0 Å². The number of fused-ring (bicyclic) bond motifs is 1. The summed E-state index contributed by atoms with van der Waals surface area (Å²) in [6.45, 7) is 5.64. The van der Waals surface area contributed by atoms with E-state index < -0.39 is 0 Å². The first-order valence-electron chi connectivity index (χ1n) is 12.6. The third kappa shape index (κ3) is 6.31. The number of urea groups is 1. The molecule has 172 valence electrons. The van der Waals surface area contributed by atoms with E-state index in [2.05, 4.69) is 45.5 Å². The Bertz CT molecular complexity index is 560. The number of carbonyl (C=O) groups excluding carboxylic acids is 1. The van der Waals surface area contributed by atoms with Crippen LogP contribution < -0.4 is 26.6 Å². The Balaban J connectivity index is 1.19. The quantitative estimate of drug-likeness (QED) is 0.471. The number of carbonyl (C=O) groups is 1. The van der Waals surface area contributed by atoms with Crippen LogP contribution in [-0.4, -0.2) is 62.2 Å². The molecule has 0 radical (unpaired) electrons. The Labute approximate surface area is 182 Å². The van der Waals surface area contributed by atoms with Gasteiger partial charge in [-0.05, 0) is 76.8 Å². The van der Waals surface area contributed by atoms with Crippen molar-refractivity contribution in [1.82, 2.24) is 31.5 Å². The Hall–Kier alpha value is -0.890. The molecule has 2 saturated heterocycles. The van der Waals surface area contributed by atoms with Gasteiger partial charge in [0.15, 0.2) is 0 Å². The molecular weight excluding hydrogens is 376 g/mol. The van der Waals surface area contributed by atoms with Crippen LogP contribution in [0, 0.1) is 17.8 Å². The highest BCUT2D eigenvalue weighted by atomic mass is 16.2. The number of amides is 2. The monoisotopic (exact) mass is 420 g/mol. The van der Waals surface area contributed by atoms with Gasteiger partial charge in [0, 0.05) is 25.2 Å². The third-order valence-corrected chi connectivity index (χ3v) is 7.93. The van der Waals surface area contributed by atoms with Crippen molar-refractivity contribution in [1.29, 1.82) is 0 Å². The molecule has 5 N–H and O–H groups in total. The van der Waals surface area contributed by atoms with Crippen LogP contribution in [0.3, 0.4) is 0 Å². The molecule has 0 aromatic carbocycles. The molecule has 2 heterocycles. The number of hydrogen-bond donors (Lipinski definition) is 5. The van der Waals surface area contributed by atoms with Gasteiger partial charge in [0.1, 0.15) is 6.29 Å². The summed E-state index contributed by atoms with van der Waals surface area (Å²) in [5, 5.41) is 17.1. The van der Waals surface area contributed by atoms with Gasteiger partial charge in [-0.1, -0.05) is 25.7 Å². The smallest absolute Gasteiger partial charge is 0.317 e. The number of likely N-dealkylation sites (tertiary alicyclic amines) is 1. The first-order valence-corrected chi connectivity index (χ1v) is 12.6.